The maximum Gasteiger partial charge on any atom is 0.340 e. The van der Waals surface area contributed by atoms with Gasteiger partial charge < -0.3 is 9.47 Å². The Kier molecular flexibility index (Phi) is 17.1. The van der Waals surface area contributed by atoms with Gasteiger partial charge >= 0.3 is 22.1 Å². The highest BCUT2D eigenvalue weighted by Crippen LogP contribution is 2.16. The first-order chi connectivity index (χ1) is 17.3. The molecule has 1 atom stereocenters. The van der Waals surface area contributed by atoms with Crippen LogP contribution in [0.2, 0.25) is 0 Å². The fraction of sp³-hybridized carbons (Fsp3) is 0.714. The summed E-state index contributed by atoms with van der Waals surface area (Å²) in [5.74, 6) is -1.68. The SMILES string of the molecule is CCCCCCCCCCCCCCCCCCOC(=O)c1ccccc1C(=O)OC(C)S(=O)(=O)O. The van der Waals surface area contributed by atoms with Crippen LogP contribution in [0.25, 0.3) is 0 Å². The van der Waals surface area contributed by atoms with Gasteiger partial charge in [0, 0.05) is 0 Å². The predicted octanol–water partition coefficient (Wildman–Crippen LogP) is 7.50. The Morgan fingerprint density at radius 3 is 1.53 bits per heavy atom. The fourth-order valence-electron chi connectivity index (χ4n) is 4.01. The number of rotatable bonds is 21. The minimum Gasteiger partial charge on any atom is -0.462 e. The van der Waals surface area contributed by atoms with Crippen LogP contribution in [0, 0.1) is 0 Å². The summed E-state index contributed by atoms with van der Waals surface area (Å²) >= 11 is 0. The standard InChI is InChI=1S/C28H46O7S/c1-3-4-5-6-7-8-9-10-11-12-13-14-15-16-17-20-23-34-27(29)25-21-18-19-22-26(25)28(30)35-24(2)36(31,32)33/h18-19,21-22,24H,3-17,20,23H2,1-2H3,(H,31,32,33). The molecule has 0 bridgehead atoms. The van der Waals surface area contributed by atoms with Gasteiger partial charge in [0.05, 0.1) is 17.7 Å². The third-order valence-corrected chi connectivity index (χ3v) is 7.23. The molecule has 0 saturated carbocycles. The Labute approximate surface area is 218 Å². The first-order valence-corrected chi connectivity index (χ1v) is 15.2. The van der Waals surface area contributed by atoms with E-state index in [1.807, 2.05) is 0 Å². The van der Waals surface area contributed by atoms with Crippen LogP contribution in [0.1, 0.15) is 137 Å². The summed E-state index contributed by atoms with van der Waals surface area (Å²) in [6, 6.07) is 5.88. The number of benzene rings is 1. The molecule has 8 heteroatoms. The topological polar surface area (TPSA) is 107 Å². The van der Waals surface area contributed by atoms with Crippen molar-refractivity contribution >= 4 is 22.1 Å². The zero-order valence-corrected chi connectivity index (χ0v) is 23.0. The van der Waals surface area contributed by atoms with Crippen LogP contribution in [-0.4, -0.2) is 37.0 Å². The molecular weight excluding hydrogens is 480 g/mol. The van der Waals surface area contributed by atoms with E-state index in [1.54, 1.807) is 6.07 Å². The van der Waals surface area contributed by atoms with E-state index in [0.29, 0.717) is 0 Å². The fourth-order valence-corrected chi connectivity index (χ4v) is 4.22. The van der Waals surface area contributed by atoms with Crippen molar-refractivity contribution in [3.05, 3.63) is 35.4 Å². The summed E-state index contributed by atoms with van der Waals surface area (Å²) in [6.07, 6.45) is 20.2. The molecule has 1 N–H and O–H groups in total. The second-order valence-corrected chi connectivity index (χ2v) is 11.2. The molecular formula is C28H46O7S. The largest absolute Gasteiger partial charge is 0.462 e. The summed E-state index contributed by atoms with van der Waals surface area (Å²) in [5, 5.41) is 0. The average Bonchev–Trinajstić information content (AvgIpc) is 2.85. The minimum absolute atomic E-state index is 0.00142. The van der Waals surface area contributed by atoms with Gasteiger partial charge in [-0.05, 0) is 25.5 Å². The van der Waals surface area contributed by atoms with Gasteiger partial charge in [0.15, 0.2) is 0 Å². The quantitative estimate of drug-likeness (QED) is 0.100. The minimum atomic E-state index is -4.54. The Hall–Kier alpha value is -1.93. The highest BCUT2D eigenvalue weighted by Gasteiger charge is 2.25. The Morgan fingerprint density at radius 1 is 0.722 bits per heavy atom. The van der Waals surface area contributed by atoms with Gasteiger partial charge in [-0.15, -0.1) is 0 Å². The van der Waals surface area contributed by atoms with Gasteiger partial charge in [0.2, 0.25) is 5.44 Å². The van der Waals surface area contributed by atoms with E-state index in [4.69, 9.17) is 14.0 Å². The summed E-state index contributed by atoms with van der Waals surface area (Å²) in [5.41, 5.74) is -1.84. The molecule has 1 aromatic carbocycles. The van der Waals surface area contributed by atoms with Crippen molar-refractivity contribution in [2.75, 3.05) is 6.61 Å². The van der Waals surface area contributed by atoms with Crippen molar-refractivity contribution in [1.82, 2.24) is 0 Å². The Bertz CT molecular complexity index is 851. The highest BCUT2D eigenvalue weighted by atomic mass is 32.2. The smallest absolute Gasteiger partial charge is 0.340 e. The van der Waals surface area contributed by atoms with Crippen LogP contribution < -0.4 is 0 Å². The first kappa shape index (κ1) is 32.1. The first-order valence-electron chi connectivity index (χ1n) is 13.7. The van der Waals surface area contributed by atoms with Crippen molar-refractivity contribution in [3.8, 4) is 0 Å². The number of ether oxygens (including phenoxy) is 2. The maximum atomic E-state index is 12.4. The van der Waals surface area contributed by atoms with Crippen molar-refractivity contribution in [2.24, 2.45) is 0 Å². The molecule has 7 nitrogen and oxygen atoms in total. The summed E-state index contributed by atoms with van der Waals surface area (Å²) in [7, 11) is -4.54. The van der Waals surface area contributed by atoms with E-state index >= 15 is 0 Å². The zero-order valence-electron chi connectivity index (χ0n) is 22.2. The van der Waals surface area contributed by atoms with Gasteiger partial charge in [-0.2, -0.15) is 8.42 Å². The van der Waals surface area contributed by atoms with Gasteiger partial charge in [-0.3, -0.25) is 4.55 Å². The average molecular weight is 527 g/mol. The monoisotopic (exact) mass is 526 g/mol. The van der Waals surface area contributed by atoms with Gasteiger partial charge in [0.1, 0.15) is 0 Å². The molecule has 1 rings (SSSR count). The Balaban J connectivity index is 2.11. The van der Waals surface area contributed by atoms with E-state index in [1.165, 1.54) is 102 Å². The summed E-state index contributed by atoms with van der Waals surface area (Å²) in [6.45, 7) is 3.54. The second-order valence-electron chi connectivity index (χ2n) is 9.47. The lowest BCUT2D eigenvalue weighted by atomic mass is 10.0. The van der Waals surface area contributed by atoms with Crippen LogP contribution in [0.5, 0.6) is 0 Å². The van der Waals surface area contributed by atoms with Crippen LogP contribution in [0.4, 0.5) is 0 Å². The lowest BCUT2D eigenvalue weighted by molar-refractivity contribution is 0.0425. The van der Waals surface area contributed by atoms with Crippen molar-refractivity contribution in [2.45, 2.75) is 122 Å². The normalized spacial score (nSPS) is 12.3. The molecule has 1 aromatic rings. The lowest BCUT2D eigenvalue weighted by Crippen LogP contribution is -2.25. The predicted molar refractivity (Wildman–Crippen MR) is 143 cm³/mol. The third kappa shape index (κ3) is 14.6. The number of unbranched alkanes of at least 4 members (excludes halogenated alkanes) is 15. The lowest BCUT2D eigenvalue weighted by Gasteiger charge is -2.12. The molecule has 0 aliphatic carbocycles. The van der Waals surface area contributed by atoms with Gasteiger partial charge in [-0.25, -0.2) is 9.59 Å². The molecule has 0 saturated heterocycles. The van der Waals surface area contributed by atoms with E-state index in [0.717, 1.165) is 26.2 Å². The molecule has 36 heavy (non-hydrogen) atoms. The van der Waals surface area contributed by atoms with E-state index < -0.39 is 27.5 Å². The van der Waals surface area contributed by atoms with Gasteiger partial charge in [-0.1, -0.05) is 115 Å². The molecule has 0 radical (unpaired) electrons. The van der Waals surface area contributed by atoms with Crippen molar-refractivity contribution in [3.63, 3.8) is 0 Å². The number of hydrogen-bond acceptors (Lipinski definition) is 6. The van der Waals surface area contributed by atoms with Crippen molar-refractivity contribution < 1.29 is 32.0 Å². The molecule has 0 aromatic heterocycles. The maximum absolute atomic E-state index is 12.4. The molecule has 206 valence electrons. The molecule has 0 aliphatic heterocycles. The van der Waals surface area contributed by atoms with Crippen LogP contribution in [-0.2, 0) is 19.6 Å². The molecule has 0 heterocycles. The van der Waals surface area contributed by atoms with E-state index in [9.17, 15) is 18.0 Å². The van der Waals surface area contributed by atoms with Crippen LogP contribution >= 0.6 is 0 Å². The van der Waals surface area contributed by atoms with Crippen LogP contribution in [0.3, 0.4) is 0 Å². The summed E-state index contributed by atoms with van der Waals surface area (Å²) < 4.78 is 41.2. The number of hydrogen-bond donors (Lipinski definition) is 1. The number of carbonyl (C=O) groups is 2. The van der Waals surface area contributed by atoms with Gasteiger partial charge in [0.25, 0.3) is 0 Å². The molecule has 0 fully saturated rings. The van der Waals surface area contributed by atoms with E-state index in [2.05, 4.69) is 6.92 Å². The van der Waals surface area contributed by atoms with E-state index in [-0.39, 0.29) is 17.7 Å². The zero-order chi connectivity index (χ0) is 26.7. The summed E-state index contributed by atoms with van der Waals surface area (Å²) in [4.78, 5) is 24.7. The molecule has 0 spiro atoms. The molecule has 0 amide bonds. The molecule has 1 unspecified atom stereocenters. The third-order valence-electron chi connectivity index (χ3n) is 6.29. The van der Waals surface area contributed by atoms with Crippen LogP contribution in [0.15, 0.2) is 24.3 Å². The highest BCUT2D eigenvalue weighted by molar-refractivity contribution is 7.86. The Morgan fingerprint density at radius 2 is 1.11 bits per heavy atom. The van der Waals surface area contributed by atoms with Crippen molar-refractivity contribution in [1.29, 1.82) is 0 Å². The number of carbonyl (C=O) groups excluding carboxylic acids is 2. The molecule has 0 aliphatic rings. The number of esters is 2. The second kappa shape index (κ2) is 19.2.